The van der Waals surface area contributed by atoms with Crippen LogP contribution in [0.15, 0.2) is 30.3 Å². The molecule has 9 heteroatoms. The van der Waals surface area contributed by atoms with Gasteiger partial charge in [-0.2, -0.15) is 0 Å². The second-order valence-electron chi connectivity index (χ2n) is 8.01. The first-order valence-corrected chi connectivity index (χ1v) is 10.5. The highest BCUT2D eigenvalue weighted by Crippen LogP contribution is 2.08. The number of hydrogen-bond donors (Lipinski definition) is 5. The molecule has 4 atom stereocenters. The van der Waals surface area contributed by atoms with E-state index in [1.54, 1.807) is 20.8 Å². The maximum atomic E-state index is 12.7. The van der Waals surface area contributed by atoms with E-state index < -0.39 is 48.4 Å². The van der Waals surface area contributed by atoms with Gasteiger partial charge in [-0.15, -0.1) is 0 Å². The number of amides is 3. The third-order valence-electron chi connectivity index (χ3n) is 5.16. The van der Waals surface area contributed by atoms with Crippen LogP contribution in [0.2, 0.25) is 0 Å². The third-order valence-corrected chi connectivity index (χ3v) is 5.16. The van der Waals surface area contributed by atoms with Gasteiger partial charge in [-0.05, 0) is 17.4 Å². The van der Waals surface area contributed by atoms with Gasteiger partial charge in [0.1, 0.15) is 12.1 Å². The molecule has 1 aromatic carbocycles. The number of carboxylic acids is 1. The number of hydrogen-bond acceptors (Lipinski definition) is 5. The number of rotatable bonds is 12. The van der Waals surface area contributed by atoms with Gasteiger partial charge in [0.15, 0.2) is 0 Å². The van der Waals surface area contributed by atoms with Crippen LogP contribution in [0.3, 0.4) is 0 Å². The van der Waals surface area contributed by atoms with E-state index in [0.29, 0.717) is 6.42 Å². The molecule has 6 N–H and O–H groups in total. The fourth-order valence-electron chi connectivity index (χ4n) is 2.83. The van der Waals surface area contributed by atoms with Gasteiger partial charge in [0.05, 0.1) is 12.6 Å². The van der Waals surface area contributed by atoms with Crippen molar-refractivity contribution in [1.29, 1.82) is 0 Å². The Hall–Kier alpha value is -2.94. The summed E-state index contributed by atoms with van der Waals surface area (Å²) in [5, 5.41) is 16.8. The summed E-state index contributed by atoms with van der Waals surface area (Å²) in [4.78, 5) is 48.7. The molecule has 4 unspecified atom stereocenters. The number of nitrogens with two attached hydrogens (primary N) is 1. The lowest BCUT2D eigenvalue weighted by Crippen LogP contribution is -2.55. The van der Waals surface area contributed by atoms with E-state index in [2.05, 4.69) is 16.0 Å². The van der Waals surface area contributed by atoms with Crippen LogP contribution in [-0.2, 0) is 25.6 Å². The van der Waals surface area contributed by atoms with Gasteiger partial charge in [-0.1, -0.05) is 64.4 Å². The van der Waals surface area contributed by atoms with Crippen molar-refractivity contribution in [1.82, 2.24) is 16.0 Å². The molecule has 0 fully saturated rings. The minimum absolute atomic E-state index is 0.111. The molecule has 0 saturated heterocycles. The Kier molecular flexibility index (Phi) is 10.7. The molecule has 0 aliphatic heterocycles. The van der Waals surface area contributed by atoms with E-state index in [9.17, 15) is 24.3 Å². The van der Waals surface area contributed by atoms with Crippen molar-refractivity contribution in [2.45, 2.75) is 58.7 Å². The second kappa shape index (κ2) is 12.7. The van der Waals surface area contributed by atoms with Crippen molar-refractivity contribution < 1.29 is 24.3 Å². The molecule has 3 amide bonds. The number of carbonyl (C=O) groups excluding carboxylic acids is 3. The average molecular weight is 435 g/mol. The zero-order chi connectivity index (χ0) is 23.6. The highest BCUT2D eigenvalue weighted by molar-refractivity contribution is 5.92. The first-order valence-electron chi connectivity index (χ1n) is 10.5. The predicted molar refractivity (Wildman–Crippen MR) is 117 cm³/mol. The summed E-state index contributed by atoms with van der Waals surface area (Å²) in [5.74, 6) is -3.15. The Balaban J connectivity index is 2.81. The van der Waals surface area contributed by atoms with Crippen molar-refractivity contribution in [3.05, 3.63) is 35.9 Å². The van der Waals surface area contributed by atoms with Gasteiger partial charge in [0.2, 0.25) is 17.7 Å². The van der Waals surface area contributed by atoms with Crippen molar-refractivity contribution in [2.24, 2.45) is 17.6 Å². The predicted octanol–water partition coefficient (Wildman–Crippen LogP) is 0.429. The molecule has 0 radical (unpaired) electrons. The van der Waals surface area contributed by atoms with Crippen molar-refractivity contribution in [2.75, 3.05) is 6.54 Å². The Morgan fingerprint density at radius 1 is 1.00 bits per heavy atom. The molecule has 0 saturated carbocycles. The zero-order valence-corrected chi connectivity index (χ0v) is 18.6. The van der Waals surface area contributed by atoms with E-state index in [1.807, 2.05) is 37.3 Å². The van der Waals surface area contributed by atoms with Gasteiger partial charge in [0.25, 0.3) is 0 Å². The Morgan fingerprint density at radius 2 is 1.61 bits per heavy atom. The highest BCUT2D eigenvalue weighted by Gasteiger charge is 2.28. The van der Waals surface area contributed by atoms with Crippen LogP contribution in [0.1, 0.15) is 39.7 Å². The van der Waals surface area contributed by atoms with Crippen LogP contribution in [0.5, 0.6) is 0 Å². The monoisotopic (exact) mass is 434 g/mol. The van der Waals surface area contributed by atoms with Crippen LogP contribution in [0.25, 0.3) is 0 Å². The molecule has 1 aromatic rings. The maximum absolute atomic E-state index is 12.7. The molecule has 172 valence electrons. The third kappa shape index (κ3) is 8.75. The summed E-state index contributed by atoms with van der Waals surface area (Å²) in [6.07, 6.45) is 0.792. The Labute approximate surface area is 183 Å². The molecule has 31 heavy (non-hydrogen) atoms. The van der Waals surface area contributed by atoms with E-state index >= 15 is 0 Å². The van der Waals surface area contributed by atoms with Gasteiger partial charge >= 0.3 is 5.97 Å². The van der Waals surface area contributed by atoms with Crippen molar-refractivity contribution in [3.63, 3.8) is 0 Å². The van der Waals surface area contributed by atoms with E-state index in [1.165, 1.54) is 0 Å². The minimum Gasteiger partial charge on any atom is -0.480 e. The summed E-state index contributed by atoms with van der Waals surface area (Å²) in [6, 6.07) is 6.38. The number of aliphatic carboxylic acids is 1. The summed E-state index contributed by atoms with van der Waals surface area (Å²) < 4.78 is 0. The topological polar surface area (TPSA) is 151 Å². The molecule has 0 heterocycles. The lowest BCUT2D eigenvalue weighted by Gasteiger charge is -2.23. The first-order chi connectivity index (χ1) is 14.6. The van der Waals surface area contributed by atoms with Crippen LogP contribution < -0.4 is 21.7 Å². The van der Waals surface area contributed by atoms with Crippen LogP contribution in [0.4, 0.5) is 0 Å². The zero-order valence-electron chi connectivity index (χ0n) is 18.6. The van der Waals surface area contributed by atoms with Crippen LogP contribution >= 0.6 is 0 Å². The average Bonchev–Trinajstić information content (AvgIpc) is 2.74. The second-order valence-corrected chi connectivity index (χ2v) is 8.01. The van der Waals surface area contributed by atoms with E-state index in [-0.39, 0.29) is 18.3 Å². The largest absolute Gasteiger partial charge is 0.480 e. The van der Waals surface area contributed by atoms with Gasteiger partial charge in [-0.25, -0.2) is 4.79 Å². The summed E-state index contributed by atoms with van der Waals surface area (Å²) >= 11 is 0. The lowest BCUT2D eigenvalue weighted by atomic mass is 9.99. The van der Waals surface area contributed by atoms with Crippen LogP contribution in [0, 0.1) is 11.8 Å². The van der Waals surface area contributed by atoms with E-state index in [4.69, 9.17) is 5.73 Å². The summed E-state index contributed by atoms with van der Waals surface area (Å²) in [7, 11) is 0. The van der Waals surface area contributed by atoms with Crippen molar-refractivity contribution in [3.8, 4) is 0 Å². The molecule has 0 bridgehead atoms. The number of nitrogens with one attached hydrogen (secondary N) is 3. The number of benzene rings is 1. The lowest BCUT2D eigenvalue weighted by molar-refractivity contribution is -0.143. The fourth-order valence-corrected chi connectivity index (χ4v) is 2.83. The quantitative estimate of drug-likeness (QED) is 0.322. The Bertz CT molecular complexity index is 754. The first kappa shape index (κ1) is 26.1. The number of carbonyl (C=O) groups is 4. The molecule has 0 spiro atoms. The molecular weight excluding hydrogens is 400 g/mol. The SMILES string of the molecule is CCC(C)C(NC(=O)CNC(=O)C(Cc1ccccc1)NC(=O)C(N)C(C)C)C(=O)O. The van der Waals surface area contributed by atoms with E-state index in [0.717, 1.165) is 5.56 Å². The van der Waals surface area contributed by atoms with Gasteiger partial charge in [0, 0.05) is 6.42 Å². The molecular formula is C22H34N4O5. The molecule has 0 aromatic heterocycles. The summed E-state index contributed by atoms with van der Waals surface area (Å²) in [5.41, 5.74) is 6.71. The van der Waals surface area contributed by atoms with Crippen LogP contribution in [-0.4, -0.2) is 53.5 Å². The highest BCUT2D eigenvalue weighted by atomic mass is 16.4. The maximum Gasteiger partial charge on any atom is 0.326 e. The van der Waals surface area contributed by atoms with Gasteiger partial charge in [-0.3, -0.25) is 14.4 Å². The Morgan fingerprint density at radius 3 is 2.13 bits per heavy atom. The fraction of sp³-hybridized carbons (Fsp3) is 0.545. The smallest absolute Gasteiger partial charge is 0.326 e. The van der Waals surface area contributed by atoms with Gasteiger partial charge < -0.3 is 26.8 Å². The number of carboxylic acid groups (broad SMARTS) is 1. The molecule has 0 aliphatic carbocycles. The molecule has 1 rings (SSSR count). The normalized spacial score (nSPS) is 14.8. The standard InChI is InChI=1S/C22H34N4O5/c1-5-14(4)19(22(30)31)26-17(27)12-24-20(28)16(11-15-9-7-6-8-10-15)25-21(29)18(23)13(2)3/h6-10,13-14,16,18-19H,5,11-12,23H2,1-4H3,(H,24,28)(H,25,29)(H,26,27)(H,30,31). The molecule has 0 aliphatic rings. The minimum atomic E-state index is -1.13. The molecule has 9 nitrogen and oxygen atoms in total. The van der Waals surface area contributed by atoms with Crippen molar-refractivity contribution >= 4 is 23.7 Å². The summed E-state index contributed by atoms with van der Waals surface area (Å²) in [6.45, 7) is 6.75.